The molecular weight excluding hydrogens is 282 g/mol. The van der Waals surface area contributed by atoms with Gasteiger partial charge in [0.25, 0.3) is 0 Å². The third kappa shape index (κ3) is 3.70. The number of allylic oxidation sites excluding steroid dienone is 1. The van der Waals surface area contributed by atoms with Gasteiger partial charge in [-0.2, -0.15) is 5.26 Å². The minimum Gasteiger partial charge on any atom is -0.389 e. The van der Waals surface area contributed by atoms with E-state index in [-0.39, 0.29) is 4.99 Å². The smallest absolute Gasteiger partial charge is 0.116 e. The SMILES string of the molecule is C/C(=C(\C#N)C(N)=S)N1CCCN(c2ccncc2)CC1. The average molecular weight is 301 g/mol. The normalized spacial score (nSPS) is 16.8. The van der Waals surface area contributed by atoms with Crippen molar-refractivity contribution in [2.24, 2.45) is 5.73 Å². The maximum atomic E-state index is 9.18. The fraction of sp³-hybridized carbons (Fsp3) is 0.400. The molecule has 1 aromatic rings. The van der Waals surface area contributed by atoms with E-state index in [1.165, 1.54) is 5.69 Å². The van der Waals surface area contributed by atoms with Gasteiger partial charge in [-0.1, -0.05) is 12.2 Å². The zero-order valence-electron chi connectivity index (χ0n) is 12.1. The van der Waals surface area contributed by atoms with Crippen LogP contribution in [0.4, 0.5) is 5.69 Å². The Balaban J connectivity index is 2.11. The monoisotopic (exact) mass is 301 g/mol. The summed E-state index contributed by atoms with van der Waals surface area (Å²) in [5.74, 6) is 0. The Kier molecular flexibility index (Phi) is 5.12. The molecular formula is C15H19N5S. The van der Waals surface area contributed by atoms with Crippen molar-refractivity contribution >= 4 is 22.9 Å². The molecule has 0 unspecified atom stereocenters. The van der Waals surface area contributed by atoms with Gasteiger partial charge in [0, 0.05) is 50.0 Å². The molecule has 0 spiro atoms. The van der Waals surface area contributed by atoms with Gasteiger partial charge >= 0.3 is 0 Å². The lowest BCUT2D eigenvalue weighted by Gasteiger charge is -2.25. The minimum absolute atomic E-state index is 0.172. The largest absolute Gasteiger partial charge is 0.389 e. The molecule has 5 nitrogen and oxygen atoms in total. The number of anilines is 1. The van der Waals surface area contributed by atoms with E-state index in [9.17, 15) is 5.26 Å². The van der Waals surface area contributed by atoms with Gasteiger partial charge in [0.2, 0.25) is 0 Å². The Morgan fingerprint density at radius 1 is 1.29 bits per heavy atom. The molecule has 2 heterocycles. The Morgan fingerprint density at radius 3 is 2.62 bits per heavy atom. The average Bonchev–Trinajstić information content (AvgIpc) is 2.74. The second-order valence-electron chi connectivity index (χ2n) is 4.97. The highest BCUT2D eigenvalue weighted by molar-refractivity contribution is 7.80. The maximum Gasteiger partial charge on any atom is 0.116 e. The van der Waals surface area contributed by atoms with Crippen molar-refractivity contribution in [2.75, 3.05) is 31.1 Å². The van der Waals surface area contributed by atoms with Crippen LogP contribution in [0.3, 0.4) is 0 Å². The lowest BCUT2D eigenvalue weighted by Crippen LogP contribution is -2.31. The number of nitriles is 1. The van der Waals surface area contributed by atoms with E-state index >= 15 is 0 Å². The molecule has 1 aliphatic rings. The number of rotatable bonds is 3. The summed E-state index contributed by atoms with van der Waals surface area (Å²) in [6.45, 7) is 5.56. The van der Waals surface area contributed by atoms with E-state index < -0.39 is 0 Å². The molecule has 0 aliphatic carbocycles. The highest BCUT2D eigenvalue weighted by Gasteiger charge is 2.18. The minimum atomic E-state index is 0.172. The Hall–Kier alpha value is -2.13. The van der Waals surface area contributed by atoms with Crippen LogP contribution >= 0.6 is 12.2 Å². The highest BCUT2D eigenvalue weighted by atomic mass is 32.1. The summed E-state index contributed by atoms with van der Waals surface area (Å²) < 4.78 is 0. The standard InChI is InChI=1S/C15H19N5S/c1-12(14(11-16)15(17)21)19-7-2-8-20(10-9-19)13-3-5-18-6-4-13/h3-6H,2,7-10H2,1H3,(H2,17,21)/b14-12-. The van der Waals surface area contributed by atoms with Gasteiger partial charge in [-0.3, -0.25) is 4.98 Å². The first-order valence-electron chi connectivity index (χ1n) is 6.94. The number of nitrogens with zero attached hydrogens (tertiary/aromatic N) is 4. The summed E-state index contributed by atoms with van der Waals surface area (Å²) in [5, 5.41) is 9.18. The van der Waals surface area contributed by atoms with Gasteiger partial charge in [0.1, 0.15) is 16.6 Å². The van der Waals surface area contributed by atoms with E-state index in [1.54, 1.807) is 0 Å². The fourth-order valence-corrected chi connectivity index (χ4v) is 2.73. The Labute approximate surface area is 130 Å². The second-order valence-corrected chi connectivity index (χ2v) is 5.41. The predicted molar refractivity (Wildman–Crippen MR) is 87.7 cm³/mol. The third-order valence-electron chi connectivity index (χ3n) is 3.72. The molecule has 2 rings (SSSR count). The molecule has 1 aliphatic heterocycles. The van der Waals surface area contributed by atoms with E-state index in [0.29, 0.717) is 5.57 Å². The zero-order valence-corrected chi connectivity index (χ0v) is 12.9. The molecule has 110 valence electrons. The number of nitrogens with two attached hydrogens (primary N) is 1. The number of hydrogen-bond donors (Lipinski definition) is 1. The highest BCUT2D eigenvalue weighted by Crippen LogP contribution is 2.18. The van der Waals surface area contributed by atoms with Crippen LogP contribution in [0.25, 0.3) is 0 Å². The van der Waals surface area contributed by atoms with Crippen LogP contribution in [-0.2, 0) is 0 Å². The van der Waals surface area contributed by atoms with Gasteiger partial charge in [-0.05, 0) is 25.5 Å². The molecule has 0 radical (unpaired) electrons. The van der Waals surface area contributed by atoms with E-state index in [0.717, 1.165) is 38.3 Å². The lowest BCUT2D eigenvalue weighted by atomic mass is 10.2. The van der Waals surface area contributed by atoms with E-state index in [2.05, 4.69) is 20.9 Å². The van der Waals surface area contributed by atoms with Gasteiger partial charge in [-0.25, -0.2) is 0 Å². The number of aromatic nitrogens is 1. The molecule has 0 bridgehead atoms. The lowest BCUT2D eigenvalue weighted by molar-refractivity contribution is 0.369. The fourth-order valence-electron chi connectivity index (χ4n) is 2.54. The topological polar surface area (TPSA) is 69.2 Å². The van der Waals surface area contributed by atoms with Crippen molar-refractivity contribution in [3.63, 3.8) is 0 Å². The van der Waals surface area contributed by atoms with Crippen LogP contribution in [0.1, 0.15) is 13.3 Å². The zero-order chi connectivity index (χ0) is 15.2. The first-order valence-corrected chi connectivity index (χ1v) is 7.35. The van der Waals surface area contributed by atoms with Crippen LogP contribution in [0.2, 0.25) is 0 Å². The Bertz CT molecular complexity index is 575. The molecule has 1 aromatic heterocycles. The molecule has 0 saturated carbocycles. The third-order valence-corrected chi connectivity index (χ3v) is 3.92. The molecule has 6 heteroatoms. The summed E-state index contributed by atoms with van der Waals surface area (Å²) in [6, 6.07) is 6.16. The van der Waals surface area contributed by atoms with Crippen molar-refractivity contribution in [3.05, 3.63) is 35.8 Å². The van der Waals surface area contributed by atoms with Crippen molar-refractivity contribution in [1.29, 1.82) is 5.26 Å². The second kappa shape index (κ2) is 7.04. The van der Waals surface area contributed by atoms with E-state index in [1.807, 2.05) is 31.5 Å². The summed E-state index contributed by atoms with van der Waals surface area (Å²) in [5.41, 5.74) is 8.10. The van der Waals surface area contributed by atoms with Gasteiger partial charge in [0.15, 0.2) is 0 Å². The molecule has 21 heavy (non-hydrogen) atoms. The maximum absolute atomic E-state index is 9.18. The van der Waals surface area contributed by atoms with Crippen LogP contribution < -0.4 is 10.6 Å². The Morgan fingerprint density at radius 2 is 2.00 bits per heavy atom. The van der Waals surface area contributed by atoms with Crippen LogP contribution in [0, 0.1) is 11.3 Å². The summed E-state index contributed by atoms with van der Waals surface area (Å²) in [7, 11) is 0. The summed E-state index contributed by atoms with van der Waals surface area (Å²) in [4.78, 5) is 8.75. The first kappa shape index (κ1) is 15.3. The van der Waals surface area contributed by atoms with Gasteiger partial charge < -0.3 is 15.5 Å². The summed E-state index contributed by atoms with van der Waals surface area (Å²) >= 11 is 4.95. The molecule has 0 atom stereocenters. The molecule has 0 amide bonds. The van der Waals surface area contributed by atoms with Crippen molar-refractivity contribution in [1.82, 2.24) is 9.88 Å². The van der Waals surface area contributed by atoms with Crippen molar-refractivity contribution in [3.8, 4) is 6.07 Å². The van der Waals surface area contributed by atoms with Crippen molar-refractivity contribution < 1.29 is 0 Å². The number of thiocarbonyl (C=S) groups is 1. The molecule has 1 saturated heterocycles. The van der Waals surface area contributed by atoms with Crippen LogP contribution in [0.5, 0.6) is 0 Å². The van der Waals surface area contributed by atoms with Crippen molar-refractivity contribution in [2.45, 2.75) is 13.3 Å². The van der Waals surface area contributed by atoms with Gasteiger partial charge in [0.05, 0.1) is 0 Å². The quantitative estimate of drug-likeness (QED) is 0.520. The summed E-state index contributed by atoms with van der Waals surface area (Å²) in [6.07, 6.45) is 4.64. The molecule has 1 fully saturated rings. The first-order chi connectivity index (χ1) is 10.1. The van der Waals surface area contributed by atoms with Crippen LogP contribution in [0.15, 0.2) is 35.8 Å². The molecule has 2 N–H and O–H groups in total. The number of hydrogen-bond acceptors (Lipinski definition) is 5. The van der Waals surface area contributed by atoms with Gasteiger partial charge in [-0.15, -0.1) is 0 Å². The predicted octanol–water partition coefficient (Wildman–Crippen LogP) is 1.68. The number of pyridine rings is 1. The van der Waals surface area contributed by atoms with E-state index in [4.69, 9.17) is 18.0 Å². The molecule has 0 aromatic carbocycles. The van der Waals surface area contributed by atoms with Crippen LogP contribution in [-0.4, -0.2) is 41.1 Å².